The summed E-state index contributed by atoms with van der Waals surface area (Å²) in [6, 6.07) is 6.80. The fourth-order valence-corrected chi connectivity index (χ4v) is 2.76. The van der Waals surface area contributed by atoms with Gasteiger partial charge in [-0.25, -0.2) is 8.42 Å². The lowest BCUT2D eigenvalue weighted by atomic mass is 10.0. The molecule has 0 saturated heterocycles. The second kappa shape index (κ2) is 4.50. The predicted octanol–water partition coefficient (Wildman–Crippen LogP) is 1.14. The third-order valence-electron chi connectivity index (χ3n) is 2.85. The molecule has 0 saturated carbocycles. The molecular formula is C12H15NO3S. The molecule has 0 fully saturated rings. The van der Waals surface area contributed by atoms with Crippen molar-refractivity contribution in [1.29, 1.82) is 0 Å². The van der Waals surface area contributed by atoms with Crippen LogP contribution >= 0.6 is 0 Å². The Morgan fingerprint density at radius 2 is 1.94 bits per heavy atom. The minimum absolute atomic E-state index is 0.211. The molecular weight excluding hydrogens is 238 g/mol. The Labute approximate surface area is 101 Å². The van der Waals surface area contributed by atoms with E-state index in [2.05, 4.69) is 5.32 Å². The summed E-state index contributed by atoms with van der Waals surface area (Å²) < 4.78 is 23.0. The Balaban J connectivity index is 2.23. The number of hydrogen-bond donors (Lipinski definition) is 2. The minimum Gasteiger partial charge on any atom is -0.508 e. The number of sulfone groups is 1. The van der Waals surface area contributed by atoms with Gasteiger partial charge in [0.2, 0.25) is 0 Å². The van der Waals surface area contributed by atoms with Gasteiger partial charge in [0.05, 0.1) is 0 Å². The highest BCUT2D eigenvalue weighted by molar-refractivity contribution is 7.91. The van der Waals surface area contributed by atoms with Crippen molar-refractivity contribution in [2.75, 3.05) is 12.8 Å². The van der Waals surface area contributed by atoms with Crippen LogP contribution in [-0.2, 0) is 9.84 Å². The van der Waals surface area contributed by atoms with Crippen molar-refractivity contribution in [1.82, 2.24) is 5.32 Å². The summed E-state index contributed by atoms with van der Waals surface area (Å²) in [5.74, 6) is 0.211. The van der Waals surface area contributed by atoms with E-state index in [1.54, 1.807) is 24.3 Å². The molecule has 1 aliphatic heterocycles. The molecule has 2 rings (SSSR count). The number of phenols is 1. The number of nitrogens with one attached hydrogen (secondary N) is 1. The van der Waals surface area contributed by atoms with Gasteiger partial charge in [0.1, 0.15) is 11.1 Å². The summed E-state index contributed by atoms with van der Waals surface area (Å²) in [6.45, 7) is 0.550. The van der Waals surface area contributed by atoms with Crippen molar-refractivity contribution in [3.05, 3.63) is 35.9 Å². The second-order valence-electron chi connectivity index (χ2n) is 4.21. The highest BCUT2D eigenvalue weighted by atomic mass is 32.2. The molecule has 1 aromatic carbocycles. The number of phenolic OH excluding ortho intramolecular Hbond substituents is 1. The molecule has 0 radical (unpaired) electrons. The molecule has 0 bridgehead atoms. The molecule has 0 aromatic heterocycles. The summed E-state index contributed by atoms with van der Waals surface area (Å²) in [5, 5.41) is 11.6. The molecule has 1 heterocycles. The van der Waals surface area contributed by atoms with E-state index in [1.807, 2.05) is 6.08 Å². The van der Waals surface area contributed by atoms with Gasteiger partial charge < -0.3 is 5.11 Å². The Kier molecular flexibility index (Phi) is 3.22. The number of benzene rings is 1. The van der Waals surface area contributed by atoms with Crippen LogP contribution in [0.25, 0.3) is 5.57 Å². The van der Waals surface area contributed by atoms with Crippen molar-refractivity contribution < 1.29 is 13.5 Å². The van der Waals surface area contributed by atoms with Crippen molar-refractivity contribution in [2.45, 2.75) is 11.8 Å². The highest BCUT2D eigenvalue weighted by Crippen LogP contribution is 2.25. The first-order valence-electron chi connectivity index (χ1n) is 5.37. The highest BCUT2D eigenvalue weighted by Gasteiger charge is 2.24. The summed E-state index contributed by atoms with van der Waals surface area (Å²) in [5.41, 5.74) is 1.96. The van der Waals surface area contributed by atoms with Gasteiger partial charge in [-0.1, -0.05) is 18.2 Å². The number of aromatic hydroxyl groups is 1. The SMILES string of the molecule is CS(=O)(=O)C1CC(c2ccc(O)cc2)=CCN1. The minimum atomic E-state index is -3.08. The average Bonchev–Trinajstić information content (AvgIpc) is 2.29. The van der Waals surface area contributed by atoms with Gasteiger partial charge in [0.15, 0.2) is 9.84 Å². The van der Waals surface area contributed by atoms with E-state index in [-0.39, 0.29) is 5.75 Å². The smallest absolute Gasteiger partial charge is 0.163 e. The average molecular weight is 253 g/mol. The molecule has 5 heteroatoms. The van der Waals surface area contributed by atoms with E-state index in [0.717, 1.165) is 11.1 Å². The molecule has 92 valence electrons. The molecule has 1 aliphatic rings. The van der Waals surface area contributed by atoms with Crippen molar-refractivity contribution in [3.8, 4) is 5.75 Å². The van der Waals surface area contributed by atoms with Crippen molar-refractivity contribution in [3.63, 3.8) is 0 Å². The van der Waals surface area contributed by atoms with Crippen LogP contribution in [0.4, 0.5) is 0 Å². The topological polar surface area (TPSA) is 66.4 Å². The Bertz CT molecular complexity index is 531. The first-order valence-corrected chi connectivity index (χ1v) is 7.33. The maximum Gasteiger partial charge on any atom is 0.163 e. The Hall–Kier alpha value is -1.33. The fourth-order valence-electron chi connectivity index (χ4n) is 1.88. The standard InChI is InChI=1S/C12H15NO3S/c1-17(15,16)12-8-10(6-7-13-12)9-2-4-11(14)5-3-9/h2-6,12-14H,7-8H2,1H3. The van der Waals surface area contributed by atoms with E-state index in [1.165, 1.54) is 6.26 Å². The maximum atomic E-state index is 11.5. The zero-order valence-corrected chi connectivity index (χ0v) is 10.4. The van der Waals surface area contributed by atoms with Gasteiger partial charge >= 0.3 is 0 Å². The first-order chi connectivity index (χ1) is 7.97. The van der Waals surface area contributed by atoms with Gasteiger partial charge in [-0.2, -0.15) is 0 Å². The Morgan fingerprint density at radius 3 is 2.53 bits per heavy atom. The normalized spacial score (nSPS) is 21.0. The molecule has 0 aliphatic carbocycles. The van der Waals surface area contributed by atoms with Gasteiger partial charge in [-0.3, -0.25) is 5.32 Å². The fraction of sp³-hybridized carbons (Fsp3) is 0.333. The van der Waals surface area contributed by atoms with Crippen molar-refractivity contribution in [2.24, 2.45) is 0 Å². The third kappa shape index (κ3) is 2.87. The number of rotatable bonds is 2. The first kappa shape index (κ1) is 12.1. The summed E-state index contributed by atoms with van der Waals surface area (Å²) in [6.07, 6.45) is 3.68. The van der Waals surface area contributed by atoms with E-state index >= 15 is 0 Å². The zero-order valence-electron chi connectivity index (χ0n) is 9.55. The molecule has 17 heavy (non-hydrogen) atoms. The largest absolute Gasteiger partial charge is 0.508 e. The van der Waals surface area contributed by atoms with E-state index in [9.17, 15) is 13.5 Å². The number of hydrogen-bond acceptors (Lipinski definition) is 4. The lowest BCUT2D eigenvalue weighted by Crippen LogP contribution is -2.38. The zero-order chi connectivity index (χ0) is 12.5. The van der Waals surface area contributed by atoms with Gasteiger partial charge in [-0.05, 0) is 23.3 Å². The van der Waals surface area contributed by atoms with Crippen LogP contribution in [0.15, 0.2) is 30.3 Å². The molecule has 1 atom stereocenters. The monoisotopic (exact) mass is 253 g/mol. The van der Waals surface area contributed by atoms with E-state index < -0.39 is 15.2 Å². The van der Waals surface area contributed by atoms with Crippen LogP contribution < -0.4 is 5.32 Å². The molecule has 1 aromatic rings. The van der Waals surface area contributed by atoms with Gasteiger partial charge in [-0.15, -0.1) is 0 Å². The third-order valence-corrected chi connectivity index (χ3v) is 4.22. The maximum absolute atomic E-state index is 11.5. The molecule has 4 nitrogen and oxygen atoms in total. The van der Waals surface area contributed by atoms with E-state index in [4.69, 9.17) is 0 Å². The van der Waals surface area contributed by atoms with Crippen LogP contribution in [0.5, 0.6) is 5.75 Å². The Morgan fingerprint density at radius 1 is 1.29 bits per heavy atom. The van der Waals surface area contributed by atoms with Crippen LogP contribution in [-0.4, -0.2) is 31.7 Å². The van der Waals surface area contributed by atoms with Gasteiger partial charge in [0.25, 0.3) is 0 Å². The summed E-state index contributed by atoms with van der Waals surface area (Å²) in [7, 11) is -3.08. The molecule has 0 spiro atoms. The molecule has 2 N–H and O–H groups in total. The van der Waals surface area contributed by atoms with Gasteiger partial charge in [0, 0.05) is 19.2 Å². The quantitative estimate of drug-likeness (QED) is 0.829. The van der Waals surface area contributed by atoms with Crippen LogP contribution in [0.3, 0.4) is 0 Å². The second-order valence-corrected chi connectivity index (χ2v) is 6.43. The molecule has 1 unspecified atom stereocenters. The van der Waals surface area contributed by atoms with E-state index in [0.29, 0.717) is 13.0 Å². The summed E-state index contributed by atoms with van der Waals surface area (Å²) in [4.78, 5) is 0. The van der Waals surface area contributed by atoms with Crippen LogP contribution in [0.2, 0.25) is 0 Å². The van der Waals surface area contributed by atoms with Crippen molar-refractivity contribution >= 4 is 15.4 Å². The summed E-state index contributed by atoms with van der Waals surface area (Å²) >= 11 is 0. The lowest BCUT2D eigenvalue weighted by molar-refractivity contribution is 0.475. The lowest BCUT2D eigenvalue weighted by Gasteiger charge is -2.23. The molecule has 0 amide bonds. The van der Waals surface area contributed by atoms with Crippen LogP contribution in [0, 0.1) is 0 Å². The van der Waals surface area contributed by atoms with Crippen LogP contribution in [0.1, 0.15) is 12.0 Å². The predicted molar refractivity (Wildman–Crippen MR) is 67.3 cm³/mol.